The van der Waals surface area contributed by atoms with Crippen LogP contribution >= 0.6 is 33.9 Å². The smallest absolute Gasteiger partial charge is 0.252 e. The maximum Gasteiger partial charge on any atom is 0.252 e. The quantitative estimate of drug-likeness (QED) is 0.806. The van der Waals surface area contributed by atoms with Crippen LogP contribution in [0.5, 0.6) is 0 Å². The van der Waals surface area contributed by atoms with E-state index in [2.05, 4.69) is 27.9 Å². The van der Waals surface area contributed by atoms with Gasteiger partial charge in [-0.15, -0.1) is 11.3 Å². The van der Waals surface area contributed by atoms with E-state index in [1.54, 1.807) is 11.4 Å². The lowest BCUT2D eigenvalue weighted by molar-refractivity contribution is 0.0954. The monoisotopic (exact) mass is 385 g/mol. The highest BCUT2D eigenvalue weighted by molar-refractivity contribution is 14.1. The second-order valence-corrected chi connectivity index (χ2v) is 9.19. The van der Waals surface area contributed by atoms with Crippen molar-refractivity contribution in [3.8, 4) is 0 Å². The zero-order valence-corrected chi connectivity index (χ0v) is 12.8. The Kier molecular flexibility index (Phi) is 4.09. The van der Waals surface area contributed by atoms with Gasteiger partial charge in [0.05, 0.1) is 19.5 Å². The molecule has 0 saturated carbocycles. The van der Waals surface area contributed by atoms with Gasteiger partial charge in [-0.05, 0) is 41.5 Å². The first-order valence-electron chi connectivity index (χ1n) is 5.23. The van der Waals surface area contributed by atoms with Gasteiger partial charge >= 0.3 is 0 Å². The summed E-state index contributed by atoms with van der Waals surface area (Å²) in [4.78, 5) is 11.7. The standard InChI is InChI=1S/C10H12INO3S2/c11-9-4-7(6-16-9)10(13)12-5-8-2-1-3-17(8,14)15/h4,6,8H,1-3,5H2,(H,12,13). The van der Waals surface area contributed by atoms with Crippen molar-refractivity contribution in [2.24, 2.45) is 0 Å². The summed E-state index contributed by atoms with van der Waals surface area (Å²) in [6, 6.07) is 1.80. The molecule has 1 saturated heterocycles. The van der Waals surface area contributed by atoms with Crippen molar-refractivity contribution in [3.63, 3.8) is 0 Å². The van der Waals surface area contributed by atoms with Crippen LogP contribution in [0, 0.1) is 2.88 Å². The number of halogens is 1. The van der Waals surface area contributed by atoms with Crippen LogP contribution in [0.25, 0.3) is 0 Å². The Morgan fingerprint density at radius 2 is 2.35 bits per heavy atom. The van der Waals surface area contributed by atoms with Crippen LogP contribution in [0.2, 0.25) is 0 Å². The molecule has 1 unspecified atom stereocenters. The predicted octanol–water partition coefficient (Wildman–Crippen LogP) is 1.66. The highest BCUT2D eigenvalue weighted by Crippen LogP contribution is 2.20. The van der Waals surface area contributed by atoms with Crippen LogP contribution in [0.1, 0.15) is 23.2 Å². The first-order chi connectivity index (χ1) is 7.99. The zero-order valence-electron chi connectivity index (χ0n) is 8.98. The number of carbonyl (C=O) groups is 1. The van der Waals surface area contributed by atoms with E-state index in [9.17, 15) is 13.2 Å². The predicted molar refractivity (Wildman–Crippen MR) is 76.2 cm³/mol. The highest BCUT2D eigenvalue weighted by Gasteiger charge is 2.31. The van der Waals surface area contributed by atoms with Crippen molar-refractivity contribution in [1.82, 2.24) is 5.32 Å². The van der Waals surface area contributed by atoms with Gasteiger partial charge in [0.15, 0.2) is 9.84 Å². The first kappa shape index (κ1) is 13.3. The molecular weight excluding hydrogens is 373 g/mol. The van der Waals surface area contributed by atoms with E-state index < -0.39 is 15.1 Å². The van der Waals surface area contributed by atoms with Gasteiger partial charge in [0.25, 0.3) is 5.91 Å². The molecule has 0 spiro atoms. The largest absolute Gasteiger partial charge is 0.351 e. The second kappa shape index (κ2) is 5.23. The third kappa shape index (κ3) is 3.19. The Bertz CT molecular complexity index is 523. The summed E-state index contributed by atoms with van der Waals surface area (Å²) < 4.78 is 24.2. The van der Waals surface area contributed by atoms with Gasteiger partial charge in [-0.2, -0.15) is 0 Å². The Hall–Kier alpha value is -0.150. The molecule has 1 aromatic rings. The number of hydrogen-bond donors (Lipinski definition) is 1. The minimum atomic E-state index is -2.97. The summed E-state index contributed by atoms with van der Waals surface area (Å²) in [6.07, 6.45) is 1.36. The van der Waals surface area contributed by atoms with Crippen LogP contribution in [0.3, 0.4) is 0 Å². The van der Waals surface area contributed by atoms with Gasteiger partial charge in [0.1, 0.15) is 0 Å². The minimum Gasteiger partial charge on any atom is -0.351 e. The number of sulfone groups is 1. The van der Waals surface area contributed by atoms with Gasteiger partial charge in [0.2, 0.25) is 0 Å². The molecule has 17 heavy (non-hydrogen) atoms. The molecule has 7 heteroatoms. The van der Waals surface area contributed by atoms with Crippen molar-refractivity contribution < 1.29 is 13.2 Å². The molecule has 0 bridgehead atoms. The molecule has 1 fully saturated rings. The van der Waals surface area contributed by atoms with E-state index >= 15 is 0 Å². The summed E-state index contributed by atoms with van der Waals surface area (Å²) in [7, 11) is -2.97. The molecule has 0 aliphatic carbocycles. The maximum atomic E-state index is 11.7. The molecule has 4 nitrogen and oxygen atoms in total. The van der Waals surface area contributed by atoms with E-state index in [0.717, 1.165) is 2.88 Å². The maximum absolute atomic E-state index is 11.7. The number of thiophene rings is 1. The molecule has 94 valence electrons. The lowest BCUT2D eigenvalue weighted by atomic mass is 10.2. The van der Waals surface area contributed by atoms with Gasteiger partial charge in [0, 0.05) is 11.9 Å². The molecule has 1 aliphatic heterocycles. The van der Waals surface area contributed by atoms with Crippen molar-refractivity contribution in [3.05, 3.63) is 19.9 Å². The molecule has 1 amide bonds. The van der Waals surface area contributed by atoms with E-state index in [4.69, 9.17) is 0 Å². The molecule has 2 heterocycles. The van der Waals surface area contributed by atoms with E-state index in [-0.39, 0.29) is 18.2 Å². The van der Waals surface area contributed by atoms with E-state index in [0.29, 0.717) is 18.4 Å². The number of amides is 1. The molecule has 1 aliphatic rings. The third-order valence-corrected chi connectivity index (χ3v) is 6.85. The summed E-state index contributed by atoms with van der Waals surface area (Å²) in [5, 5.41) is 4.07. The molecule has 2 rings (SSSR count). The summed E-state index contributed by atoms with van der Waals surface area (Å²) in [5.41, 5.74) is 0.606. The first-order valence-corrected chi connectivity index (χ1v) is 8.90. The summed E-state index contributed by atoms with van der Waals surface area (Å²) in [6.45, 7) is 0.230. The number of rotatable bonds is 3. The van der Waals surface area contributed by atoms with Gasteiger partial charge in [-0.25, -0.2) is 8.42 Å². The number of carbonyl (C=O) groups excluding carboxylic acids is 1. The van der Waals surface area contributed by atoms with Gasteiger partial charge in [-0.3, -0.25) is 4.79 Å². The van der Waals surface area contributed by atoms with Gasteiger partial charge < -0.3 is 5.32 Å². The molecule has 1 N–H and O–H groups in total. The minimum absolute atomic E-state index is 0.189. The Balaban J connectivity index is 1.93. The van der Waals surface area contributed by atoms with E-state index in [1.165, 1.54) is 11.3 Å². The summed E-state index contributed by atoms with van der Waals surface area (Å²) in [5.74, 6) is 0.0652. The van der Waals surface area contributed by atoms with Gasteiger partial charge in [-0.1, -0.05) is 0 Å². The SMILES string of the molecule is O=C(NCC1CCCS1(=O)=O)c1csc(I)c1. The normalized spacial score (nSPS) is 22.5. The van der Waals surface area contributed by atoms with Crippen LogP contribution in [0.4, 0.5) is 0 Å². The topological polar surface area (TPSA) is 63.2 Å². The fourth-order valence-corrected chi connectivity index (χ4v) is 4.92. The number of hydrogen-bond acceptors (Lipinski definition) is 4. The molecule has 1 aromatic heterocycles. The average molecular weight is 385 g/mol. The Morgan fingerprint density at radius 3 is 2.88 bits per heavy atom. The third-order valence-electron chi connectivity index (χ3n) is 2.78. The van der Waals surface area contributed by atoms with Crippen LogP contribution < -0.4 is 5.32 Å². The van der Waals surface area contributed by atoms with Crippen molar-refractivity contribution in [2.45, 2.75) is 18.1 Å². The van der Waals surface area contributed by atoms with Crippen molar-refractivity contribution >= 4 is 49.7 Å². The Labute approximate surface area is 118 Å². The average Bonchev–Trinajstić information content (AvgIpc) is 2.81. The number of nitrogens with one attached hydrogen (secondary N) is 1. The van der Waals surface area contributed by atoms with Crippen LogP contribution in [-0.2, 0) is 9.84 Å². The molecule has 1 atom stereocenters. The zero-order chi connectivity index (χ0) is 12.5. The second-order valence-electron chi connectivity index (χ2n) is 3.98. The van der Waals surface area contributed by atoms with Crippen LogP contribution in [0.15, 0.2) is 11.4 Å². The van der Waals surface area contributed by atoms with Crippen LogP contribution in [-0.4, -0.2) is 31.9 Å². The fourth-order valence-electron chi connectivity index (χ4n) is 1.83. The summed E-state index contributed by atoms with van der Waals surface area (Å²) >= 11 is 3.65. The molecular formula is C10H12INO3S2. The fraction of sp³-hybridized carbons (Fsp3) is 0.500. The highest BCUT2D eigenvalue weighted by atomic mass is 127. The molecule has 0 radical (unpaired) electrons. The van der Waals surface area contributed by atoms with E-state index in [1.807, 2.05) is 0 Å². The Morgan fingerprint density at radius 1 is 1.59 bits per heavy atom. The van der Waals surface area contributed by atoms with Crippen molar-refractivity contribution in [1.29, 1.82) is 0 Å². The lowest BCUT2D eigenvalue weighted by Gasteiger charge is -2.09. The van der Waals surface area contributed by atoms with Crippen molar-refractivity contribution in [2.75, 3.05) is 12.3 Å². The lowest BCUT2D eigenvalue weighted by Crippen LogP contribution is -2.34. The molecule has 0 aromatic carbocycles.